The van der Waals surface area contributed by atoms with Gasteiger partial charge in [0, 0.05) is 13.1 Å². The molecule has 0 amide bonds. The van der Waals surface area contributed by atoms with Crippen LogP contribution in [0.25, 0.3) is 5.69 Å². The van der Waals surface area contributed by atoms with Crippen molar-refractivity contribution in [2.24, 2.45) is 0 Å². The Bertz CT molecular complexity index is 639. The zero-order chi connectivity index (χ0) is 15.6. The molecule has 1 N–H and O–H groups in total. The van der Waals surface area contributed by atoms with Crippen molar-refractivity contribution < 1.29 is 9.90 Å². The maximum absolute atomic E-state index is 11.4. The summed E-state index contributed by atoms with van der Waals surface area (Å²) in [5.74, 6) is -0.654. The van der Waals surface area contributed by atoms with Gasteiger partial charge in [0.25, 0.3) is 0 Å². The van der Waals surface area contributed by atoms with Gasteiger partial charge in [-0.3, -0.25) is 0 Å². The maximum atomic E-state index is 11.4. The standard InChI is InChI=1S/C15H20N4O2/c1-5-18(6-2)14-13(15(20)21)16-19(17-14)12-8-10(3)7-11(4)9-12/h7-9H,5-6H2,1-4H3,(H,20,21). The van der Waals surface area contributed by atoms with Crippen molar-refractivity contribution in [2.75, 3.05) is 18.0 Å². The first-order chi connectivity index (χ1) is 9.96. The minimum atomic E-state index is -1.06. The zero-order valence-electron chi connectivity index (χ0n) is 12.8. The molecule has 2 aromatic rings. The fourth-order valence-electron chi connectivity index (χ4n) is 2.36. The lowest BCUT2D eigenvalue weighted by Crippen LogP contribution is -2.24. The molecule has 0 fully saturated rings. The average Bonchev–Trinajstić information content (AvgIpc) is 2.84. The van der Waals surface area contributed by atoms with Crippen LogP contribution in [0.1, 0.15) is 35.5 Å². The van der Waals surface area contributed by atoms with Gasteiger partial charge >= 0.3 is 5.97 Å². The first-order valence-electron chi connectivity index (χ1n) is 7.00. The molecule has 2 rings (SSSR count). The van der Waals surface area contributed by atoms with Crippen LogP contribution in [-0.4, -0.2) is 39.2 Å². The molecule has 0 saturated carbocycles. The number of nitrogens with zero attached hydrogens (tertiary/aromatic N) is 4. The van der Waals surface area contributed by atoms with Crippen molar-refractivity contribution in [1.29, 1.82) is 0 Å². The Balaban J connectivity index is 2.55. The van der Waals surface area contributed by atoms with Crippen LogP contribution in [0, 0.1) is 13.8 Å². The molecule has 6 nitrogen and oxygen atoms in total. The normalized spacial score (nSPS) is 10.7. The lowest BCUT2D eigenvalue weighted by Gasteiger charge is -2.17. The van der Waals surface area contributed by atoms with Crippen molar-refractivity contribution in [3.8, 4) is 5.69 Å². The number of anilines is 1. The second-order valence-electron chi connectivity index (χ2n) is 4.99. The van der Waals surface area contributed by atoms with E-state index in [0.717, 1.165) is 16.8 Å². The van der Waals surface area contributed by atoms with Gasteiger partial charge in [-0.2, -0.15) is 0 Å². The molecule has 21 heavy (non-hydrogen) atoms. The van der Waals surface area contributed by atoms with Crippen molar-refractivity contribution in [2.45, 2.75) is 27.7 Å². The number of benzene rings is 1. The molecule has 0 aliphatic heterocycles. The quantitative estimate of drug-likeness (QED) is 0.915. The Morgan fingerprint density at radius 2 is 1.71 bits per heavy atom. The van der Waals surface area contributed by atoms with Crippen LogP contribution < -0.4 is 4.90 Å². The molecule has 0 saturated heterocycles. The van der Waals surface area contributed by atoms with E-state index in [1.54, 1.807) is 0 Å². The maximum Gasteiger partial charge on any atom is 0.360 e. The fraction of sp³-hybridized carbons (Fsp3) is 0.400. The number of aryl methyl sites for hydroxylation is 2. The summed E-state index contributed by atoms with van der Waals surface area (Å²) in [5.41, 5.74) is 2.93. The molecule has 0 bridgehead atoms. The Morgan fingerprint density at radius 1 is 1.14 bits per heavy atom. The molecule has 112 valence electrons. The minimum absolute atomic E-state index is 0.0159. The van der Waals surface area contributed by atoms with Gasteiger partial charge in [0.05, 0.1) is 5.69 Å². The SMILES string of the molecule is CCN(CC)c1nn(-c2cc(C)cc(C)c2)nc1C(=O)O. The van der Waals surface area contributed by atoms with Gasteiger partial charge in [-0.05, 0) is 51.0 Å². The van der Waals surface area contributed by atoms with Crippen molar-refractivity contribution in [1.82, 2.24) is 15.0 Å². The Hall–Kier alpha value is -2.37. The molecule has 0 aliphatic rings. The monoisotopic (exact) mass is 288 g/mol. The summed E-state index contributed by atoms with van der Waals surface area (Å²) >= 11 is 0. The van der Waals surface area contributed by atoms with Gasteiger partial charge in [-0.15, -0.1) is 15.0 Å². The van der Waals surface area contributed by atoms with Crippen molar-refractivity contribution in [3.63, 3.8) is 0 Å². The van der Waals surface area contributed by atoms with E-state index in [2.05, 4.69) is 16.3 Å². The van der Waals surface area contributed by atoms with Crippen LogP contribution in [-0.2, 0) is 0 Å². The second-order valence-corrected chi connectivity index (χ2v) is 4.99. The summed E-state index contributed by atoms with van der Waals surface area (Å²) in [6, 6.07) is 5.92. The molecular weight excluding hydrogens is 268 g/mol. The van der Waals surface area contributed by atoms with E-state index in [4.69, 9.17) is 0 Å². The first kappa shape index (κ1) is 15.0. The fourth-order valence-corrected chi connectivity index (χ4v) is 2.36. The number of carbonyl (C=O) groups is 1. The van der Waals surface area contributed by atoms with Crippen LogP contribution in [0.15, 0.2) is 18.2 Å². The van der Waals surface area contributed by atoms with Crippen LogP contribution in [0.5, 0.6) is 0 Å². The topological polar surface area (TPSA) is 71.2 Å². The number of rotatable bonds is 5. The molecule has 0 atom stereocenters. The molecule has 0 aliphatic carbocycles. The van der Waals surface area contributed by atoms with E-state index >= 15 is 0 Å². The average molecular weight is 288 g/mol. The van der Waals surface area contributed by atoms with Gasteiger partial charge < -0.3 is 10.0 Å². The Labute approximate surface area is 124 Å². The third-order valence-electron chi connectivity index (χ3n) is 3.30. The second kappa shape index (κ2) is 5.95. The predicted octanol–water partition coefficient (Wildman–Crippen LogP) is 2.43. The third-order valence-corrected chi connectivity index (χ3v) is 3.30. The summed E-state index contributed by atoms with van der Waals surface area (Å²) in [6.07, 6.45) is 0. The summed E-state index contributed by atoms with van der Waals surface area (Å²) in [6.45, 7) is 9.27. The number of carboxylic acid groups (broad SMARTS) is 1. The van der Waals surface area contributed by atoms with Crippen molar-refractivity contribution >= 4 is 11.8 Å². The van der Waals surface area contributed by atoms with Gasteiger partial charge in [-0.25, -0.2) is 4.79 Å². The van der Waals surface area contributed by atoms with Crippen LogP contribution in [0.4, 0.5) is 5.82 Å². The summed E-state index contributed by atoms with van der Waals surface area (Å²) in [4.78, 5) is 14.7. The van der Waals surface area contributed by atoms with Gasteiger partial charge in [0.2, 0.25) is 5.69 Å². The van der Waals surface area contributed by atoms with E-state index in [0.29, 0.717) is 18.9 Å². The third kappa shape index (κ3) is 3.04. The van der Waals surface area contributed by atoms with Gasteiger partial charge in [-0.1, -0.05) is 6.07 Å². The molecular formula is C15H20N4O2. The first-order valence-corrected chi connectivity index (χ1v) is 7.00. The zero-order valence-corrected chi connectivity index (χ0v) is 12.8. The smallest absolute Gasteiger partial charge is 0.360 e. The Kier molecular flexibility index (Phi) is 4.26. The largest absolute Gasteiger partial charge is 0.476 e. The van der Waals surface area contributed by atoms with Crippen molar-refractivity contribution in [3.05, 3.63) is 35.0 Å². The van der Waals surface area contributed by atoms with E-state index in [1.807, 2.05) is 44.7 Å². The minimum Gasteiger partial charge on any atom is -0.476 e. The van der Waals surface area contributed by atoms with E-state index in [9.17, 15) is 9.90 Å². The summed E-state index contributed by atoms with van der Waals surface area (Å²) in [5, 5.41) is 17.9. The van der Waals surface area contributed by atoms with Gasteiger partial charge in [0.15, 0.2) is 5.82 Å². The number of carboxylic acids is 1. The Morgan fingerprint density at radius 3 is 2.19 bits per heavy atom. The highest BCUT2D eigenvalue weighted by atomic mass is 16.4. The number of aromatic carboxylic acids is 1. The lowest BCUT2D eigenvalue weighted by molar-refractivity contribution is 0.0690. The molecule has 0 spiro atoms. The number of hydrogen-bond acceptors (Lipinski definition) is 4. The van der Waals surface area contributed by atoms with E-state index in [1.165, 1.54) is 4.80 Å². The molecule has 1 heterocycles. The van der Waals surface area contributed by atoms with Crippen LogP contribution in [0.3, 0.4) is 0 Å². The highest BCUT2D eigenvalue weighted by Crippen LogP contribution is 2.19. The molecule has 1 aromatic carbocycles. The molecule has 6 heteroatoms. The van der Waals surface area contributed by atoms with Crippen LogP contribution in [0.2, 0.25) is 0 Å². The van der Waals surface area contributed by atoms with E-state index in [-0.39, 0.29) is 5.69 Å². The highest BCUT2D eigenvalue weighted by molar-refractivity contribution is 5.91. The van der Waals surface area contributed by atoms with Crippen LogP contribution >= 0.6 is 0 Å². The number of aromatic nitrogens is 3. The summed E-state index contributed by atoms with van der Waals surface area (Å²) < 4.78 is 0. The lowest BCUT2D eigenvalue weighted by atomic mass is 10.1. The number of hydrogen-bond donors (Lipinski definition) is 1. The van der Waals surface area contributed by atoms with E-state index < -0.39 is 5.97 Å². The van der Waals surface area contributed by atoms with Gasteiger partial charge in [0.1, 0.15) is 0 Å². The highest BCUT2D eigenvalue weighted by Gasteiger charge is 2.22. The molecule has 1 aromatic heterocycles. The predicted molar refractivity (Wildman–Crippen MR) is 81.4 cm³/mol. The summed E-state index contributed by atoms with van der Waals surface area (Å²) in [7, 11) is 0. The molecule has 0 radical (unpaired) electrons. The molecule has 0 unspecified atom stereocenters.